The van der Waals surface area contributed by atoms with Crippen LogP contribution in [0.1, 0.15) is 73.1 Å². The molecule has 0 radical (unpaired) electrons. The van der Waals surface area contributed by atoms with Gasteiger partial charge in [-0.3, -0.25) is 4.79 Å². The van der Waals surface area contributed by atoms with Gasteiger partial charge >= 0.3 is 12.1 Å². The van der Waals surface area contributed by atoms with Crippen LogP contribution < -0.4 is 4.72 Å². The van der Waals surface area contributed by atoms with Crippen molar-refractivity contribution in [3.8, 4) is 0 Å². The minimum Gasteiger partial charge on any atom is -0.465 e. The van der Waals surface area contributed by atoms with Gasteiger partial charge in [0.1, 0.15) is 6.04 Å². The van der Waals surface area contributed by atoms with Gasteiger partial charge in [-0.15, -0.1) is 0 Å². The molecule has 1 rings (SSSR count). The number of alkyl halides is 3. The molecule has 1 aliphatic carbocycles. The highest BCUT2D eigenvalue weighted by molar-refractivity contribution is 7.84. The zero-order chi connectivity index (χ0) is 20.8. The topological polar surface area (TPSA) is 55.4 Å². The molecule has 0 aliphatic heterocycles. The molecule has 0 heterocycles. The molecular weight excluding hydrogens is 379 g/mol. The van der Waals surface area contributed by atoms with Gasteiger partial charge in [-0.2, -0.15) is 13.2 Å². The minimum atomic E-state index is -4.70. The third-order valence-corrected chi connectivity index (χ3v) is 6.30. The third-order valence-electron chi connectivity index (χ3n) is 4.72. The summed E-state index contributed by atoms with van der Waals surface area (Å²) in [6.07, 6.45) is 0.0647. The van der Waals surface area contributed by atoms with Gasteiger partial charge in [-0.1, -0.05) is 46.0 Å². The van der Waals surface area contributed by atoms with E-state index in [9.17, 15) is 22.2 Å². The van der Waals surface area contributed by atoms with Gasteiger partial charge in [0.2, 0.25) is 0 Å². The van der Waals surface area contributed by atoms with E-state index in [0.29, 0.717) is 0 Å². The van der Waals surface area contributed by atoms with Crippen molar-refractivity contribution >= 4 is 17.0 Å². The Bertz CT molecular complexity index is 497. The Labute approximate surface area is 163 Å². The number of ether oxygens (including phenoxy) is 1. The zero-order valence-electron chi connectivity index (χ0n) is 17.0. The first kappa shape index (κ1) is 24.4. The molecule has 1 saturated carbocycles. The first-order valence-electron chi connectivity index (χ1n) is 9.73. The van der Waals surface area contributed by atoms with Crippen LogP contribution in [0, 0.1) is 17.8 Å². The predicted octanol–water partition coefficient (Wildman–Crippen LogP) is 4.75. The van der Waals surface area contributed by atoms with E-state index >= 15 is 0 Å². The van der Waals surface area contributed by atoms with Crippen molar-refractivity contribution < 1.29 is 26.9 Å². The highest BCUT2D eigenvalue weighted by Crippen LogP contribution is 2.36. The van der Waals surface area contributed by atoms with Crippen molar-refractivity contribution in [2.24, 2.45) is 17.8 Å². The van der Waals surface area contributed by atoms with Crippen LogP contribution in [0.4, 0.5) is 13.2 Å². The lowest BCUT2D eigenvalue weighted by atomic mass is 9.80. The molecule has 0 spiro atoms. The molecular formula is C19H34F3NO3S. The molecule has 0 unspecified atom stereocenters. The minimum absolute atomic E-state index is 0.0327. The lowest BCUT2D eigenvalue weighted by Crippen LogP contribution is -2.54. The number of hydrogen-bond acceptors (Lipinski definition) is 3. The number of halogens is 3. The Balaban J connectivity index is 3.07. The Morgan fingerprint density at radius 3 is 2.15 bits per heavy atom. The standard InChI is InChI=1S/C19H34F3NO3S/c1-13(2)12-26-17(24)15(11-14-9-7-6-8-10-14)16(19(20,21)22)23-27(25)18(3,4)5/h13-16,23H,6-12H2,1-5H3/t15-,16-,27-/m1/s1. The van der Waals surface area contributed by atoms with Crippen molar-refractivity contribution in [1.29, 1.82) is 0 Å². The van der Waals surface area contributed by atoms with Crippen LogP contribution in [0.5, 0.6) is 0 Å². The fraction of sp³-hybridized carbons (Fsp3) is 0.947. The maximum atomic E-state index is 13.8. The first-order chi connectivity index (χ1) is 12.3. The number of esters is 1. The number of hydrogen-bond donors (Lipinski definition) is 1. The van der Waals surface area contributed by atoms with E-state index in [-0.39, 0.29) is 24.9 Å². The van der Waals surface area contributed by atoms with Crippen molar-refractivity contribution in [1.82, 2.24) is 4.72 Å². The van der Waals surface area contributed by atoms with Gasteiger partial charge in [0.15, 0.2) is 0 Å². The van der Waals surface area contributed by atoms with E-state index in [2.05, 4.69) is 4.72 Å². The largest absolute Gasteiger partial charge is 0.465 e. The maximum absolute atomic E-state index is 13.8. The van der Waals surface area contributed by atoms with Crippen molar-refractivity contribution in [2.75, 3.05) is 6.61 Å². The second-order valence-electron chi connectivity index (χ2n) is 8.89. The average molecular weight is 414 g/mol. The Kier molecular flexibility index (Phi) is 9.25. The number of carbonyl (C=O) groups excluding carboxylic acids is 1. The van der Waals surface area contributed by atoms with Crippen LogP contribution in [0.2, 0.25) is 0 Å². The highest BCUT2D eigenvalue weighted by atomic mass is 32.2. The van der Waals surface area contributed by atoms with E-state index in [0.717, 1.165) is 32.1 Å². The predicted molar refractivity (Wildman–Crippen MR) is 101 cm³/mol. The number of nitrogens with one attached hydrogen (secondary N) is 1. The second kappa shape index (κ2) is 10.2. The van der Waals surface area contributed by atoms with Crippen molar-refractivity contribution in [3.05, 3.63) is 0 Å². The molecule has 1 fully saturated rings. The molecule has 0 aromatic heterocycles. The molecule has 4 nitrogen and oxygen atoms in total. The first-order valence-corrected chi connectivity index (χ1v) is 10.9. The lowest BCUT2D eigenvalue weighted by molar-refractivity contribution is -0.181. The molecule has 0 aromatic rings. The Morgan fingerprint density at radius 2 is 1.70 bits per heavy atom. The zero-order valence-corrected chi connectivity index (χ0v) is 17.8. The van der Waals surface area contributed by atoms with Crippen LogP contribution >= 0.6 is 0 Å². The molecule has 0 saturated heterocycles. The fourth-order valence-electron chi connectivity index (χ4n) is 3.18. The monoisotopic (exact) mass is 413 g/mol. The summed E-state index contributed by atoms with van der Waals surface area (Å²) in [7, 11) is -1.95. The Hall–Kier alpha value is -0.630. The average Bonchev–Trinajstić information content (AvgIpc) is 2.54. The van der Waals surface area contributed by atoms with E-state index in [1.165, 1.54) is 0 Å². The van der Waals surface area contributed by atoms with E-state index < -0.39 is 39.8 Å². The molecule has 0 amide bonds. The van der Waals surface area contributed by atoms with E-state index in [4.69, 9.17) is 4.74 Å². The summed E-state index contributed by atoms with van der Waals surface area (Å²) in [6.45, 7) is 8.52. The summed E-state index contributed by atoms with van der Waals surface area (Å²) >= 11 is 0. The summed E-state index contributed by atoms with van der Waals surface area (Å²) in [5.41, 5.74) is 0. The van der Waals surface area contributed by atoms with Crippen LogP contribution in [0.25, 0.3) is 0 Å². The molecule has 3 atom stereocenters. The Morgan fingerprint density at radius 1 is 1.15 bits per heavy atom. The molecule has 160 valence electrons. The summed E-state index contributed by atoms with van der Waals surface area (Å²) in [5.74, 6) is -2.15. The van der Waals surface area contributed by atoms with Crippen LogP contribution in [-0.2, 0) is 20.5 Å². The molecule has 0 aromatic carbocycles. The molecule has 0 bridgehead atoms. The van der Waals surface area contributed by atoms with Gasteiger partial charge in [0, 0.05) is 0 Å². The quantitative estimate of drug-likeness (QED) is 0.584. The van der Waals surface area contributed by atoms with Crippen molar-refractivity contribution in [2.45, 2.75) is 90.1 Å². The van der Waals surface area contributed by atoms with Crippen LogP contribution in [0.3, 0.4) is 0 Å². The van der Waals surface area contributed by atoms with Gasteiger partial charge in [0.25, 0.3) is 0 Å². The number of carbonyl (C=O) groups is 1. The van der Waals surface area contributed by atoms with Crippen molar-refractivity contribution in [3.63, 3.8) is 0 Å². The molecule has 27 heavy (non-hydrogen) atoms. The summed E-state index contributed by atoms with van der Waals surface area (Å²) < 4.78 is 60.3. The van der Waals surface area contributed by atoms with E-state index in [1.807, 2.05) is 13.8 Å². The summed E-state index contributed by atoms with van der Waals surface area (Å²) in [6, 6.07) is -2.18. The second-order valence-corrected chi connectivity index (χ2v) is 10.9. The molecule has 1 N–H and O–H groups in total. The third kappa shape index (κ3) is 8.50. The smallest absolute Gasteiger partial charge is 0.405 e. The summed E-state index contributed by atoms with van der Waals surface area (Å²) in [4.78, 5) is 12.6. The fourth-order valence-corrected chi connectivity index (χ4v) is 4.06. The van der Waals surface area contributed by atoms with Gasteiger partial charge in [-0.05, 0) is 39.0 Å². The number of rotatable bonds is 8. The van der Waals surface area contributed by atoms with E-state index in [1.54, 1.807) is 20.8 Å². The van der Waals surface area contributed by atoms with Gasteiger partial charge in [-0.25, -0.2) is 8.93 Å². The maximum Gasteiger partial charge on any atom is 0.405 e. The van der Waals surface area contributed by atoms with Gasteiger partial charge in [0.05, 0.1) is 28.3 Å². The van der Waals surface area contributed by atoms with Gasteiger partial charge < -0.3 is 4.74 Å². The SMILES string of the molecule is CC(C)COC(=O)[C@H](CC1CCCCC1)[C@@H](N[S@](=O)C(C)(C)C)C(F)(F)F. The van der Waals surface area contributed by atoms with Crippen LogP contribution in [-0.4, -0.2) is 33.8 Å². The lowest BCUT2D eigenvalue weighted by Gasteiger charge is -2.33. The van der Waals surface area contributed by atoms with Crippen LogP contribution in [0.15, 0.2) is 0 Å². The normalized spacial score (nSPS) is 20.3. The summed E-state index contributed by atoms with van der Waals surface area (Å²) in [5, 5.41) is 0. The molecule has 1 aliphatic rings. The highest BCUT2D eigenvalue weighted by Gasteiger charge is 2.50. The molecule has 8 heteroatoms.